The van der Waals surface area contributed by atoms with Gasteiger partial charge in [-0.1, -0.05) is 0 Å². The fourth-order valence-corrected chi connectivity index (χ4v) is 2.24. The first-order chi connectivity index (χ1) is 4.74. The van der Waals surface area contributed by atoms with Crippen LogP contribution in [0.25, 0.3) is 0 Å². The molecule has 0 bridgehead atoms. The molecule has 1 aromatic rings. The predicted molar refractivity (Wildman–Crippen MR) is 44.3 cm³/mol. The summed E-state index contributed by atoms with van der Waals surface area (Å²) in [5.41, 5.74) is 0.948. The van der Waals surface area contributed by atoms with Crippen molar-refractivity contribution >= 4 is 33.6 Å². The molecule has 0 saturated carbocycles. The number of nitrogens with zero attached hydrogens (tertiary/aromatic N) is 1. The molecule has 1 aromatic heterocycles. The lowest BCUT2D eigenvalue weighted by Crippen LogP contribution is -1.83. The van der Waals surface area contributed by atoms with Gasteiger partial charge in [0.15, 0.2) is 3.92 Å². The lowest BCUT2D eigenvalue weighted by molar-refractivity contribution is -0.107. The average molecular weight is 220 g/mol. The second kappa shape index (κ2) is 3.25. The summed E-state index contributed by atoms with van der Waals surface area (Å²) < 4.78 is 0.849. The van der Waals surface area contributed by atoms with Gasteiger partial charge < -0.3 is 4.79 Å². The standard InChI is InChI=1S/C6H6BrNOS/c1-4-5(2-3-9)10-6(7)8-4/h3H,2H2,1H3. The molecule has 0 unspecified atom stereocenters. The number of aromatic nitrogens is 1. The van der Waals surface area contributed by atoms with Crippen molar-refractivity contribution in [2.45, 2.75) is 13.3 Å². The zero-order valence-corrected chi connectivity index (χ0v) is 7.83. The van der Waals surface area contributed by atoms with Gasteiger partial charge in [0.05, 0.1) is 5.69 Å². The minimum Gasteiger partial charge on any atom is -0.303 e. The molecular weight excluding hydrogens is 214 g/mol. The van der Waals surface area contributed by atoms with Gasteiger partial charge in [0.2, 0.25) is 0 Å². The van der Waals surface area contributed by atoms with E-state index in [4.69, 9.17) is 0 Å². The van der Waals surface area contributed by atoms with Gasteiger partial charge >= 0.3 is 0 Å². The molecule has 1 rings (SSSR count). The van der Waals surface area contributed by atoms with Crippen molar-refractivity contribution in [1.29, 1.82) is 0 Å². The van der Waals surface area contributed by atoms with Crippen LogP contribution in [-0.2, 0) is 11.2 Å². The number of rotatable bonds is 2. The molecule has 0 aliphatic heterocycles. The lowest BCUT2D eigenvalue weighted by Gasteiger charge is -1.84. The molecule has 0 atom stereocenters. The van der Waals surface area contributed by atoms with E-state index in [0.29, 0.717) is 6.42 Å². The number of aryl methyl sites for hydroxylation is 1. The molecule has 0 radical (unpaired) electrons. The van der Waals surface area contributed by atoms with E-state index in [1.54, 1.807) is 0 Å². The highest BCUT2D eigenvalue weighted by atomic mass is 79.9. The van der Waals surface area contributed by atoms with Gasteiger partial charge in [0.25, 0.3) is 0 Å². The zero-order chi connectivity index (χ0) is 7.56. The van der Waals surface area contributed by atoms with Crippen molar-refractivity contribution in [1.82, 2.24) is 4.98 Å². The van der Waals surface area contributed by atoms with Crippen LogP contribution < -0.4 is 0 Å². The highest BCUT2D eigenvalue weighted by molar-refractivity contribution is 9.11. The number of carbonyl (C=O) groups excluding carboxylic acids is 1. The quantitative estimate of drug-likeness (QED) is 0.713. The third-order valence-corrected chi connectivity index (χ3v) is 2.77. The Labute approximate surface area is 71.4 Å². The fraction of sp³-hybridized carbons (Fsp3) is 0.333. The number of hydrogen-bond acceptors (Lipinski definition) is 3. The lowest BCUT2D eigenvalue weighted by atomic mass is 10.3. The Hall–Kier alpha value is -0.220. The monoisotopic (exact) mass is 219 g/mol. The number of halogens is 1. The highest BCUT2D eigenvalue weighted by Gasteiger charge is 2.03. The Balaban J connectivity index is 2.91. The molecule has 2 nitrogen and oxygen atoms in total. The van der Waals surface area contributed by atoms with E-state index >= 15 is 0 Å². The maximum Gasteiger partial charge on any atom is 0.159 e. The zero-order valence-electron chi connectivity index (χ0n) is 5.43. The summed E-state index contributed by atoms with van der Waals surface area (Å²) in [6, 6.07) is 0. The van der Waals surface area contributed by atoms with Gasteiger partial charge in [-0.2, -0.15) is 0 Å². The van der Waals surface area contributed by atoms with Crippen molar-refractivity contribution in [3.05, 3.63) is 14.5 Å². The number of carbonyl (C=O) groups is 1. The van der Waals surface area contributed by atoms with Crippen molar-refractivity contribution in [2.24, 2.45) is 0 Å². The minimum atomic E-state index is 0.481. The number of thiazole rings is 1. The Kier molecular flexibility index (Phi) is 2.56. The van der Waals surface area contributed by atoms with Gasteiger partial charge in [-0.25, -0.2) is 4.98 Å². The van der Waals surface area contributed by atoms with E-state index in [0.717, 1.165) is 20.8 Å². The number of hydrogen-bond donors (Lipinski definition) is 0. The van der Waals surface area contributed by atoms with E-state index in [2.05, 4.69) is 20.9 Å². The van der Waals surface area contributed by atoms with E-state index in [9.17, 15) is 4.79 Å². The molecule has 0 aromatic carbocycles. The van der Waals surface area contributed by atoms with Crippen molar-refractivity contribution in [2.75, 3.05) is 0 Å². The van der Waals surface area contributed by atoms with Gasteiger partial charge in [0.1, 0.15) is 6.29 Å². The fourth-order valence-electron chi connectivity index (χ4n) is 0.658. The summed E-state index contributed by atoms with van der Waals surface area (Å²) in [6.45, 7) is 1.90. The predicted octanol–water partition coefficient (Wildman–Crippen LogP) is 1.96. The van der Waals surface area contributed by atoms with Crippen LogP contribution in [0.4, 0.5) is 0 Å². The van der Waals surface area contributed by atoms with Crippen LogP contribution >= 0.6 is 27.3 Å². The summed E-state index contributed by atoms with van der Waals surface area (Å²) in [7, 11) is 0. The van der Waals surface area contributed by atoms with Crippen molar-refractivity contribution < 1.29 is 4.79 Å². The van der Waals surface area contributed by atoms with E-state index in [-0.39, 0.29) is 0 Å². The molecule has 1 heterocycles. The third kappa shape index (κ3) is 1.64. The van der Waals surface area contributed by atoms with Crippen LogP contribution in [0.5, 0.6) is 0 Å². The summed E-state index contributed by atoms with van der Waals surface area (Å²) in [5, 5.41) is 0. The molecule has 0 N–H and O–H groups in total. The Morgan fingerprint density at radius 1 is 1.80 bits per heavy atom. The molecule has 54 valence electrons. The first-order valence-corrected chi connectivity index (χ1v) is 4.40. The first kappa shape index (κ1) is 7.88. The largest absolute Gasteiger partial charge is 0.303 e. The maximum atomic E-state index is 10.1. The van der Waals surface area contributed by atoms with Crippen molar-refractivity contribution in [3.8, 4) is 0 Å². The van der Waals surface area contributed by atoms with Crippen LogP contribution in [0.15, 0.2) is 3.92 Å². The Morgan fingerprint density at radius 3 is 2.90 bits per heavy atom. The van der Waals surface area contributed by atoms with Crippen molar-refractivity contribution in [3.63, 3.8) is 0 Å². The normalized spacial score (nSPS) is 9.80. The average Bonchev–Trinajstić information content (AvgIpc) is 2.13. The van der Waals surface area contributed by atoms with Gasteiger partial charge in [-0.05, 0) is 22.9 Å². The highest BCUT2D eigenvalue weighted by Crippen LogP contribution is 2.22. The Bertz CT molecular complexity index is 246. The minimum absolute atomic E-state index is 0.481. The molecule has 10 heavy (non-hydrogen) atoms. The molecule has 0 aliphatic carbocycles. The first-order valence-electron chi connectivity index (χ1n) is 2.79. The molecule has 0 aliphatic rings. The molecule has 0 saturated heterocycles. The second-order valence-corrected chi connectivity index (χ2v) is 4.21. The Morgan fingerprint density at radius 2 is 2.50 bits per heavy atom. The van der Waals surface area contributed by atoms with E-state index in [1.165, 1.54) is 11.3 Å². The molecule has 4 heteroatoms. The summed E-state index contributed by atoms with van der Waals surface area (Å²) in [6.07, 6.45) is 1.38. The molecule has 0 fully saturated rings. The molecule has 0 amide bonds. The second-order valence-electron chi connectivity index (χ2n) is 1.85. The summed E-state index contributed by atoms with van der Waals surface area (Å²) in [5.74, 6) is 0. The maximum absolute atomic E-state index is 10.1. The van der Waals surface area contributed by atoms with Gasteiger partial charge in [0, 0.05) is 11.3 Å². The molecule has 0 spiro atoms. The van der Waals surface area contributed by atoms with Crippen LogP contribution in [0, 0.1) is 6.92 Å². The molecular formula is C6H6BrNOS. The van der Waals surface area contributed by atoms with Crippen LogP contribution in [0.1, 0.15) is 10.6 Å². The van der Waals surface area contributed by atoms with E-state index in [1.807, 2.05) is 6.92 Å². The SMILES string of the molecule is Cc1nc(Br)sc1CC=O. The van der Waals surface area contributed by atoms with E-state index < -0.39 is 0 Å². The van der Waals surface area contributed by atoms with Crippen LogP contribution in [0.2, 0.25) is 0 Å². The smallest absolute Gasteiger partial charge is 0.159 e. The topological polar surface area (TPSA) is 30.0 Å². The van der Waals surface area contributed by atoms with Gasteiger partial charge in [-0.15, -0.1) is 11.3 Å². The summed E-state index contributed by atoms with van der Waals surface area (Å²) >= 11 is 4.76. The summed E-state index contributed by atoms with van der Waals surface area (Å²) in [4.78, 5) is 15.2. The third-order valence-electron chi connectivity index (χ3n) is 1.14. The van der Waals surface area contributed by atoms with Crippen LogP contribution in [-0.4, -0.2) is 11.3 Å². The van der Waals surface area contributed by atoms with Crippen LogP contribution in [0.3, 0.4) is 0 Å². The number of aldehydes is 1. The van der Waals surface area contributed by atoms with Gasteiger partial charge in [-0.3, -0.25) is 0 Å².